The molecule has 1 aromatic heterocycles. The lowest BCUT2D eigenvalue weighted by Gasteiger charge is -2.18. The Labute approximate surface area is 99.9 Å². The smallest absolute Gasteiger partial charge is 0.338 e. The Morgan fingerprint density at radius 3 is 2.82 bits per heavy atom. The van der Waals surface area contributed by atoms with E-state index in [1.54, 1.807) is 26.1 Å². The molecule has 1 aliphatic carbocycles. The number of hydrogen-bond donors (Lipinski definition) is 1. The van der Waals surface area contributed by atoms with Crippen LogP contribution in [0.15, 0.2) is 17.8 Å². The van der Waals surface area contributed by atoms with Crippen LogP contribution in [0.2, 0.25) is 0 Å². The number of rotatable bonds is 2. The summed E-state index contributed by atoms with van der Waals surface area (Å²) in [6.07, 6.45) is 3.95. The predicted molar refractivity (Wildman–Crippen MR) is 63.6 cm³/mol. The fourth-order valence-corrected chi connectivity index (χ4v) is 1.92. The van der Waals surface area contributed by atoms with Crippen molar-refractivity contribution in [3.8, 4) is 0 Å². The number of carbonyl (C=O) groups is 1. The minimum Gasteiger partial charge on any atom is -0.465 e. The van der Waals surface area contributed by atoms with Crippen molar-refractivity contribution in [1.29, 1.82) is 0 Å². The monoisotopic (exact) mass is 233 g/mol. The van der Waals surface area contributed by atoms with Gasteiger partial charge in [-0.3, -0.25) is 4.98 Å². The zero-order valence-corrected chi connectivity index (χ0v) is 10.2. The van der Waals surface area contributed by atoms with Crippen LogP contribution in [0.25, 0.3) is 6.08 Å². The van der Waals surface area contributed by atoms with Gasteiger partial charge in [-0.1, -0.05) is 0 Å². The van der Waals surface area contributed by atoms with Gasteiger partial charge in [0.15, 0.2) is 0 Å². The molecular formula is C13H15NO3. The third kappa shape index (κ3) is 2.08. The van der Waals surface area contributed by atoms with Gasteiger partial charge in [0.25, 0.3) is 0 Å². The van der Waals surface area contributed by atoms with Crippen molar-refractivity contribution < 1.29 is 14.6 Å². The van der Waals surface area contributed by atoms with Crippen LogP contribution in [-0.2, 0) is 11.2 Å². The van der Waals surface area contributed by atoms with E-state index >= 15 is 0 Å². The first-order valence-corrected chi connectivity index (χ1v) is 5.43. The summed E-state index contributed by atoms with van der Waals surface area (Å²) >= 11 is 0. The standard InChI is InChI=1S/C13H15NO3/c1-13(2,16)8-6-10-9(12(15)17-3)4-5-14-11(10)7-8/h4-5,7,16H,6H2,1-3H3. The van der Waals surface area contributed by atoms with Gasteiger partial charge >= 0.3 is 5.97 Å². The molecule has 0 aromatic carbocycles. The van der Waals surface area contributed by atoms with Gasteiger partial charge < -0.3 is 9.84 Å². The van der Waals surface area contributed by atoms with Crippen molar-refractivity contribution in [3.63, 3.8) is 0 Å². The van der Waals surface area contributed by atoms with Gasteiger partial charge in [0.1, 0.15) is 0 Å². The van der Waals surface area contributed by atoms with Gasteiger partial charge in [0.05, 0.1) is 24.0 Å². The van der Waals surface area contributed by atoms with Crippen molar-refractivity contribution in [2.24, 2.45) is 0 Å². The van der Waals surface area contributed by atoms with Gasteiger partial charge in [-0.2, -0.15) is 0 Å². The van der Waals surface area contributed by atoms with Gasteiger partial charge in [0, 0.05) is 6.20 Å². The van der Waals surface area contributed by atoms with Crippen LogP contribution in [0, 0.1) is 0 Å². The second-order valence-corrected chi connectivity index (χ2v) is 4.62. The molecule has 0 aliphatic heterocycles. The van der Waals surface area contributed by atoms with E-state index in [0.29, 0.717) is 12.0 Å². The molecule has 90 valence electrons. The summed E-state index contributed by atoms with van der Waals surface area (Å²) in [4.78, 5) is 15.8. The highest BCUT2D eigenvalue weighted by atomic mass is 16.5. The minimum atomic E-state index is -0.895. The zero-order valence-electron chi connectivity index (χ0n) is 10.2. The normalized spacial score (nSPS) is 14.2. The summed E-state index contributed by atoms with van der Waals surface area (Å²) in [5.74, 6) is -0.367. The molecule has 4 nitrogen and oxygen atoms in total. The highest BCUT2D eigenvalue weighted by Crippen LogP contribution is 2.32. The summed E-state index contributed by atoms with van der Waals surface area (Å²) in [6.45, 7) is 3.45. The second-order valence-electron chi connectivity index (χ2n) is 4.62. The van der Waals surface area contributed by atoms with E-state index in [1.165, 1.54) is 7.11 Å². The van der Waals surface area contributed by atoms with E-state index in [-0.39, 0.29) is 5.97 Å². The SMILES string of the molecule is COC(=O)c1ccnc2c1CC(C(C)(C)O)=C2. The third-order valence-corrected chi connectivity index (χ3v) is 2.96. The predicted octanol–water partition coefficient (Wildman–Crippen LogP) is 1.58. The first kappa shape index (κ1) is 11.8. The van der Waals surface area contributed by atoms with Gasteiger partial charge in [-0.05, 0) is 43.5 Å². The Morgan fingerprint density at radius 1 is 1.53 bits per heavy atom. The number of carbonyl (C=O) groups excluding carboxylic acids is 1. The largest absolute Gasteiger partial charge is 0.465 e. The van der Waals surface area contributed by atoms with Crippen LogP contribution in [0.5, 0.6) is 0 Å². The molecule has 17 heavy (non-hydrogen) atoms. The van der Waals surface area contributed by atoms with Crippen molar-refractivity contribution in [3.05, 3.63) is 34.7 Å². The lowest BCUT2D eigenvalue weighted by molar-refractivity contribution is 0.0599. The van der Waals surface area contributed by atoms with Gasteiger partial charge in [-0.25, -0.2) is 4.79 Å². The molecule has 1 N–H and O–H groups in total. The maximum atomic E-state index is 11.6. The van der Waals surface area contributed by atoms with Crippen molar-refractivity contribution in [2.45, 2.75) is 25.9 Å². The van der Waals surface area contributed by atoms with Crippen molar-refractivity contribution in [1.82, 2.24) is 4.98 Å². The molecule has 2 rings (SSSR count). The van der Waals surface area contributed by atoms with Crippen LogP contribution in [0.4, 0.5) is 0 Å². The Kier molecular flexibility index (Phi) is 2.75. The Hall–Kier alpha value is -1.68. The molecule has 1 aromatic rings. The molecule has 1 aliphatic rings. The van der Waals surface area contributed by atoms with Crippen LogP contribution in [-0.4, -0.2) is 28.8 Å². The number of pyridine rings is 1. The Bertz CT molecular complexity index is 498. The molecule has 0 unspecified atom stereocenters. The lowest BCUT2D eigenvalue weighted by atomic mass is 9.95. The number of ether oxygens (including phenoxy) is 1. The van der Waals surface area contributed by atoms with E-state index in [9.17, 15) is 9.90 Å². The molecule has 0 atom stereocenters. The van der Waals surface area contributed by atoms with Gasteiger partial charge in [-0.15, -0.1) is 0 Å². The van der Waals surface area contributed by atoms with E-state index in [1.807, 2.05) is 6.08 Å². The maximum absolute atomic E-state index is 11.6. The van der Waals surface area contributed by atoms with Crippen LogP contribution in [0.3, 0.4) is 0 Å². The molecule has 0 amide bonds. The van der Waals surface area contributed by atoms with E-state index in [2.05, 4.69) is 4.98 Å². The Morgan fingerprint density at radius 2 is 2.24 bits per heavy atom. The van der Waals surface area contributed by atoms with Crippen LogP contribution < -0.4 is 0 Å². The fourth-order valence-electron chi connectivity index (χ4n) is 1.92. The van der Waals surface area contributed by atoms with Crippen molar-refractivity contribution >= 4 is 12.0 Å². The summed E-state index contributed by atoms with van der Waals surface area (Å²) in [5, 5.41) is 9.96. The summed E-state index contributed by atoms with van der Waals surface area (Å²) in [7, 11) is 1.36. The molecule has 0 spiro atoms. The minimum absolute atomic E-state index is 0.367. The number of esters is 1. The first-order valence-electron chi connectivity index (χ1n) is 5.43. The average Bonchev–Trinajstić information content (AvgIpc) is 2.71. The molecule has 1 heterocycles. The quantitative estimate of drug-likeness (QED) is 0.788. The van der Waals surface area contributed by atoms with E-state index < -0.39 is 5.60 Å². The summed E-state index contributed by atoms with van der Waals surface area (Å²) in [5.41, 5.74) is 2.06. The van der Waals surface area contributed by atoms with Crippen LogP contribution in [0.1, 0.15) is 35.5 Å². The average molecular weight is 233 g/mol. The Balaban J connectivity index is 2.42. The van der Waals surface area contributed by atoms with Gasteiger partial charge in [0.2, 0.25) is 0 Å². The molecule has 0 bridgehead atoms. The topological polar surface area (TPSA) is 59.4 Å². The molecule has 0 radical (unpaired) electrons. The molecular weight excluding hydrogens is 218 g/mol. The summed E-state index contributed by atoms with van der Waals surface area (Å²) < 4.78 is 4.73. The molecule has 0 saturated carbocycles. The number of nitrogens with zero attached hydrogens (tertiary/aromatic N) is 1. The first-order chi connectivity index (χ1) is 7.93. The summed E-state index contributed by atoms with van der Waals surface area (Å²) in [6, 6.07) is 1.64. The number of hydrogen-bond acceptors (Lipinski definition) is 4. The third-order valence-electron chi connectivity index (χ3n) is 2.96. The van der Waals surface area contributed by atoms with Crippen LogP contribution >= 0.6 is 0 Å². The number of aliphatic hydroxyl groups is 1. The van der Waals surface area contributed by atoms with Crippen molar-refractivity contribution in [2.75, 3.05) is 7.11 Å². The highest BCUT2D eigenvalue weighted by Gasteiger charge is 2.28. The zero-order chi connectivity index (χ0) is 12.6. The second kappa shape index (κ2) is 3.96. The molecule has 0 saturated heterocycles. The number of methoxy groups -OCH3 is 1. The lowest BCUT2D eigenvalue weighted by Crippen LogP contribution is -2.22. The number of fused-ring (bicyclic) bond motifs is 1. The molecule has 4 heteroatoms. The van der Waals surface area contributed by atoms with E-state index in [4.69, 9.17) is 4.74 Å². The maximum Gasteiger partial charge on any atom is 0.338 e. The fraction of sp³-hybridized carbons (Fsp3) is 0.385. The highest BCUT2D eigenvalue weighted by molar-refractivity contribution is 5.92. The number of aromatic nitrogens is 1. The molecule has 0 fully saturated rings. The van der Waals surface area contributed by atoms with E-state index in [0.717, 1.165) is 16.8 Å².